The van der Waals surface area contributed by atoms with Crippen LogP contribution in [0.25, 0.3) is 0 Å². The van der Waals surface area contributed by atoms with Gasteiger partial charge >= 0.3 is 0 Å². The highest BCUT2D eigenvalue weighted by atomic mass is 16.3. The largest absolute Gasteiger partial charge is 0.507 e. The van der Waals surface area contributed by atoms with Crippen LogP contribution in [-0.2, 0) is 17.6 Å². The fourth-order valence-electron chi connectivity index (χ4n) is 3.79. The second-order valence-corrected chi connectivity index (χ2v) is 6.40. The smallest absolute Gasteiger partial charge is 0.202 e. The molecule has 0 aromatic heterocycles. The summed E-state index contributed by atoms with van der Waals surface area (Å²) in [6.45, 7) is 0. The van der Waals surface area contributed by atoms with Gasteiger partial charge in [-0.1, -0.05) is 12.1 Å². The Morgan fingerprint density at radius 1 is 0.920 bits per heavy atom. The maximum Gasteiger partial charge on any atom is 0.202 e. The van der Waals surface area contributed by atoms with Gasteiger partial charge in [-0.2, -0.15) is 0 Å². The Kier molecular flexibility index (Phi) is 3.18. The van der Waals surface area contributed by atoms with Crippen LogP contribution in [0.3, 0.4) is 0 Å². The van der Waals surface area contributed by atoms with Crippen molar-refractivity contribution in [1.29, 1.82) is 0 Å². The number of fused-ring (bicyclic) bond motifs is 3. The molecule has 3 N–H and O–H groups in total. The Labute approximate surface area is 142 Å². The molecule has 0 aliphatic heterocycles. The molecule has 6 nitrogen and oxygen atoms in total. The summed E-state index contributed by atoms with van der Waals surface area (Å²) in [6.07, 6.45) is 1.81. The summed E-state index contributed by atoms with van der Waals surface area (Å²) in [7, 11) is 0. The molecule has 0 amide bonds. The second-order valence-electron chi connectivity index (χ2n) is 6.40. The van der Waals surface area contributed by atoms with E-state index in [-0.39, 0.29) is 51.8 Å². The number of hydrogen-bond donors (Lipinski definition) is 3. The van der Waals surface area contributed by atoms with Crippen LogP contribution < -0.4 is 0 Å². The van der Waals surface area contributed by atoms with Crippen molar-refractivity contribution in [2.45, 2.75) is 19.3 Å². The van der Waals surface area contributed by atoms with E-state index in [0.29, 0.717) is 24.0 Å². The van der Waals surface area contributed by atoms with Crippen LogP contribution in [0.4, 0.5) is 0 Å². The third-order valence-corrected chi connectivity index (χ3v) is 5.05. The first kappa shape index (κ1) is 15.4. The van der Waals surface area contributed by atoms with Gasteiger partial charge in [0, 0.05) is 22.6 Å². The number of aromatic hydroxyl groups is 3. The molecule has 0 heterocycles. The van der Waals surface area contributed by atoms with Gasteiger partial charge in [0.2, 0.25) is 5.78 Å². The molecule has 126 valence electrons. The minimum Gasteiger partial charge on any atom is -0.507 e. The van der Waals surface area contributed by atoms with E-state index in [1.165, 1.54) is 18.2 Å². The minimum atomic E-state index is -0.698. The predicted molar refractivity (Wildman–Crippen MR) is 86.3 cm³/mol. The molecule has 2 aliphatic carbocycles. The maximum atomic E-state index is 12.8. The lowest BCUT2D eigenvalue weighted by Gasteiger charge is -2.28. The fraction of sp³-hybridized carbons (Fsp3) is 0.211. The van der Waals surface area contributed by atoms with Crippen LogP contribution in [0.2, 0.25) is 0 Å². The van der Waals surface area contributed by atoms with Gasteiger partial charge in [0.1, 0.15) is 23.5 Å². The molecule has 2 aliphatic rings. The molecular weight excluding hydrogens is 324 g/mol. The molecule has 0 fully saturated rings. The van der Waals surface area contributed by atoms with Crippen molar-refractivity contribution in [3.63, 3.8) is 0 Å². The van der Waals surface area contributed by atoms with Crippen LogP contribution in [0.5, 0.6) is 17.2 Å². The lowest BCUT2D eigenvalue weighted by molar-refractivity contribution is -0.111. The van der Waals surface area contributed by atoms with Gasteiger partial charge in [0.15, 0.2) is 5.78 Å². The molecule has 1 atom stereocenters. The summed E-state index contributed by atoms with van der Waals surface area (Å²) in [6, 6.07) is 4.11. The van der Waals surface area contributed by atoms with E-state index in [9.17, 15) is 29.7 Å². The molecule has 2 aromatic carbocycles. The molecule has 0 spiro atoms. The Bertz CT molecular complexity index is 973. The number of carbonyl (C=O) groups is 3. The Morgan fingerprint density at radius 3 is 2.32 bits per heavy atom. The van der Waals surface area contributed by atoms with Crippen molar-refractivity contribution in [1.82, 2.24) is 0 Å². The first-order chi connectivity index (χ1) is 12.0. The molecule has 4 rings (SSSR count). The average Bonchev–Trinajstić information content (AvgIpc) is 2.62. The van der Waals surface area contributed by atoms with E-state index in [0.717, 1.165) is 6.29 Å². The summed E-state index contributed by atoms with van der Waals surface area (Å²) in [5.74, 6) is -2.69. The molecule has 2 aromatic rings. The molecule has 1 unspecified atom stereocenters. The van der Waals surface area contributed by atoms with Gasteiger partial charge in [-0.25, -0.2) is 0 Å². The summed E-state index contributed by atoms with van der Waals surface area (Å²) >= 11 is 0. The molecule has 25 heavy (non-hydrogen) atoms. The van der Waals surface area contributed by atoms with E-state index < -0.39 is 11.6 Å². The van der Waals surface area contributed by atoms with Crippen molar-refractivity contribution in [3.05, 3.63) is 51.6 Å². The monoisotopic (exact) mass is 338 g/mol. The van der Waals surface area contributed by atoms with Gasteiger partial charge in [-0.05, 0) is 25.3 Å². The minimum absolute atomic E-state index is 0.0186. The van der Waals surface area contributed by atoms with E-state index in [1.807, 2.05) is 0 Å². The van der Waals surface area contributed by atoms with E-state index in [2.05, 4.69) is 0 Å². The Balaban J connectivity index is 2.03. The van der Waals surface area contributed by atoms with Gasteiger partial charge in [-0.3, -0.25) is 9.59 Å². The zero-order valence-corrected chi connectivity index (χ0v) is 13.1. The van der Waals surface area contributed by atoms with Crippen LogP contribution in [0.1, 0.15) is 49.4 Å². The molecule has 0 saturated heterocycles. The van der Waals surface area contributed by atoms with Crippen molar-refractivity contribution in [3.8, 4) is 17.2 Å². The van der Waals surface area contributed by atoms with Gasteiger partial charge in [0.25, 0.3) is 0 Å². The quantitative estimate of drug-likeness (QED) is 0.461. The van der Waals surface area contributed by atoms with Crippen LogP contribution >= 0.6 is 0 Å². The van der Waals surface area contributed by atoms with E-state index >= 15 is 0 Å². The SMILES string of the molecule is O=CC1CCc2c(O)c3c(c(O)c2C1)C(=O)c1cccc(O)c1C3=O. The Morgan fingerprint density at radius 2 is 1.60 bits per heavy atom. The van der Waals surface area contributed by atoms with Crippen molar-refractivity contribution in [2.24, 2.45) is 5.92 Å². The number of aldehydes is 1. The van der Waals surface area contributed by atoms with Crippen LogP contribution in [-0.4, -0.2) is 33.2 Å². The summed E-state index contributed by atoms with van der Waals surface area (Å²) in [5.41, 5.74) is -0.00412. The lowest BCUT2D eigenvalue weighted by Crippen LogP contribution is -2.24. The van der Waals surface area contributed by atoms with E-state index in [4.69, 9.17) is 0 Å². The van der Waals surface area contributed by atoms with Gasteiger partial charge in [-0.15, -0.1) is 0 Å². The second kappa shape index (κ2) is 5.17. The first-order valence-electron chi connectivity index (χ1n) is 7.92. The molecule has 6 heteroatoms. The Hall–Kier alpha value is -3.15. The number of benzene rings is 2. The fourth-order valence-corrected chi connectivity index (χ4v) is 3.79. The third kappa shape index (κ3) is 1.94. The standard InChI is InChI=1S/C19H14O6/c20-7-8-4-5-9-11(6-8)18(24)14-15(16(9)22)19(25)13-10(17(14)23)2-1-3-12(13)21/h1-3,7-8,21-22,24H,4-6H2. The van der Waals surface area contributed by atoms with Crippen LogP contribution in [0, 0.1) is 5.92 Å². The van der Waals surface area contributed by atoms with Crippen molar-refractivity contribution in [2.75, 3.05) is 0 Å². The molecular formula is C19H14O6. The molecule has 0 bridgehead atoms. The summed E-state index contributed by atoms with van der Waals surface area (Å²) in [5, 5.41) is 31.2. The number of carbonyl (C=O) groups excluding carboxylic acids is 3. The predicted octanol–water partition coefficient (Wildman–Crippen LogP) is 1.88. The summed E-state index contributed by atoms with van der Waals surface area (Å²) in [4.78, 5) is 36.7. The maximum absolute atomic E-state index is 12.8. The molecule has 0 saturated carbocycles. The highest BCUT2D eigenvalue weighted by Gasteiger charge is 2.40. The van der Waals surface area contributed by atoms with Crippen molar-refractivity contribution < 1.29 is 29.7 Å². The van der Waals surface area contributed by atoms with Gasteiger partial charge < -0.3 is 20.1 Å². The topological polar surface area (TPSA) is 112 Å². The van der Waals surface area contributed by atoms with Crippen molar-refractivity contribution >= 4 is 17.9 Å². The summed E-state index contributed by atoms with van der Waals surface area (Å²) < 4.78 is 0. The zero-order valence-electron chi connectivity index (χ0n) is 13.1. The van der Waals surface area contributed by atoms with E-state index in [1.54, 1.807) is 0 Å². The van der Waals surface area contributed by atoms with Crippen LogP contribution in [0.15, 0.2) is 18.2 Å². The normalized spacial score (nSPS) is 18.3. The van der Waals surface area contributed by atoms with Gasteiger partial charge in [0.05, 0.1) is 16.7 Å². The zero-order chi connectivity index (χ0) is 17.9. The number of phenols is 3. The highest BCUT2D eigenvalue weighted by Crippen LogP contribution is 2.47. The lowest BCUT2D eigenvalue weighted by atomic mass is 9.76. The first-order valence-corrected chi connectivity index (χ1v) is 7.92. The third-order valence-electron chi connectivity index (χ3n) is 5.05. The molecule has 0 radical (unpaired) electrons. The average molecular weight is 338 g/mol. The number of ketones is 2. The number of hydrogen-bond acceptors (Lipinski definition) is 6. The highest BCUT2D eigenvalue weighted by molar-refractivity contribution is 6.31. The number of rotatable bonds is 1. The number of phenolic OH excluding ortho intramolecular Hbond substituents is 3.